The van der Waals surface area contributed by atoms with Gasteiger partial charge >= 0.3 is 0 Å². The van der Waals surface area contributed by atoms with Crippen LogP contribution in [0, 0.1) is 17.3 Å². The number of hydrogen-bond donors (Lipinski definition) is 1. The molecular weight excluding hydrogens is 426 g/mol. The molecule has 2 saturated carbocycles. The van der Waals surface area contributed by atoms with Crippen LogP contribution in [-0.4, -0.2) is 63.3 Å². The Bertz CT molecular complexity index is 1060. The molecule has 1 spiro atoms. The van der Waals surface area contributed by atoms with Crippen molar-refractivity contribution in [2.75, 3.05) is 33.2 Å². The van der Waals surface area contributed by atoms with E-state index in [1.54, 1.807) is 0 Å². The summed E-state index contributed by atoms with van der Waals surface area (Å²) in [6.07, 6.45) is 6.25. The Balaban J connectivity index is 1.41. The first-order chi connectivity index (χ1) is 15.2. The van der Waals surface area contributed by atoms with E-state index in [1.165, 1.54) is 6.07 Å². The summed E-state index contributed by atoms with van der Waals surface area (Å²) in [6, 6.07) is 3.38. The molecule has 4 aliphatic rings. The van der Waals surface area contributed by atoms with Crippen molar-refractivity contribution in [3.63, 3.8) is 0 Å². The minimum absolute atomic E-state index is 0.0655. The highest BCUT2D eigenvalue weighted by Gasteiger charge is 2.61. The standard InChI is InChI=1S/C24H33N3O4S/c1-16-14-26(2)9-10-27(15-16)23(29)18-11-17-5-3-6-19(17)21(12-18)32(30,31)25-22(28)20-13-24(20)7-4-8-24/h11-12,16,20H,3-10,13-15H2,1-2H3,(H,25,28). The summed E-state index contributed by atoms with van der Waals surface area (Å²) in [5, 5.41) is 0. The number of rotatable bonds is 4. The van der Waals surface area contributed by atoms with Crippen LogP contribution in [0.25, 0.3) is 0 Å². The minimum Gasteiger partial charge on any atom is -0.337 e. The number of aryl methyl sites for hydroxylation is 1. The van der Waals surface area contributed by atoms with Crippen LogP contribution in [0.2, 0.25) is 0 Å². The molecule has 0 radical (unpaired) electrons. The first-order valence-electron chi connectivity index (χ1n) is 11.9. The van der Waals surface area contributed by atoms with Gasteiger partial charge < -0.3 is 9.80 Å². The molecule has 1 saturated heterocycles. The predicted octanol–water partition coefficient (Wildman–Crippen LogP) is 2.19. The average molecular weight is 460 g/mol. The van der Waals surface area contributed by atoms with Crippen molar-refractivity contribution in [1.29, 1.82) is 0 Å². The van der Waals surface area contributed by atoms with Crippen LogP contribution >= 0.6 is 0 Å². The summed E-state index contributed by atoms with van der Waals surface area (Å²) in [5.41, 5.74) is 2.17. The Hall–Kier alpha value is -1.93. The number of nitrogens with zero attached hydrogens (tertiary/aromatic N) is 2. The van der Waals surface area contributed by atoms with Crippen LogP contribution in [0.5, 0.6) is 0 Å². The number of sulfonamides is 1. The van der Waals surface area contributed by atoms with Crippen LogP contribution in [0.4, 0.5) is 0 Å². The Morgan fingerprint density at radius 3 is 2.56 bits per heavy atom. The zero-order valence-electron chi connectivity index (χ0n) is 19.0. The Kier molecular flexibility index (Phi) is 5.36. The Labute approximate surface area is 190 Å². The third kappa shape index (κ3) is 3.85. The van der Waals surface area contributed by atoms with Crippen LogP contribution < -0.4 is 4.72 Å². The van der Waals surface area contributed by atoms with Crippen molar-refractivity contribution in [3.8, 4) is 0 Å². The molecule has 2 amide bonds. The molecule has 1 N–H and O–H groups in total. The van der Waals surface area contributed by atoms with E-state index in [4.69, 9.17) is 0 Å². The van der Waals surface area contributed by atoms with Gasteiger partial charge in [0.25, 0.3) is 15.9 Å². The van der Waals surface area contributed by atoms with Gasteiger partial charge in [0, 0.05) is 37.7 Å². The quantitative estimate of drug-likeness (QED) is 0.746. The maximum Gasteiger partial charge on any atom is 0.264 e. The summed E-state index contributed by atoms with van der Waals surface area (Å²) in [7, 11) is -1.96. The number of carbonyl (C=O) groups excluding carboxylic acids is 2. The zero-order chi connectivity index (χ0) is 22.7. The van der Waals surface area contributed by atoms with Gasteiger partial charge in [0.15, 0.2) is 0 Å². The first-order valence-corrected chi connectivity index (χ1v) is 13.4. The smallest absolute Gasteiger partial charge is 0.264 e. The van der Waals surface area contributed by atoms with E-state index in [2.05, 4.69) is 23.6 Å². The van der Waals surface area contributed by atoms with Gasteiger partial charge in [-0.15, -0.1) is 0 Å². The maximum atomic E-state index is 13.4. The van der Waals surface area contributed by atoms with E-state index in [1.807, 2.05) is 11.0 Å². The summed E-state index contributed by atoms with van der Waals surface area (Å²) >= 11 is 0. The average Bonchev–Trinajstić information content (AvgIpc) is 3.36. The monoisotopic (exact) mass is 459 g/mol. The van der Waals surface area contributed by atoms with E-state index >= 15 is 0 Å². The molecule has 2 atom stereocenters. The molecule has 0 bridgehead atoms. The highest BCUT2D eigenvalue weighted by Crippen LogP contribution is 2.65. The van der Waals surface area contributed by atoms with Crippen molar-refractivity contribution in [3.05, 3.63) is 28.8 Å². The van der Waals surface area contributed by atoms with E-state index < -0.39 is 10.0 Å². The molecule has 1 heterocycles. The molecule has 5 rings (SSSR count). The summed E-state index contributed by atoms with van der Waals surface area (Å²) in [6.45, 7) is 5.14. The second kappa shape index (κ2) is 7.83. The lowest BCUT2D eigenvalue weighted by Crippen LogP contribution is -2.37. The molecule has 1 aromatic rings. The van der Waals surface area contributed by atoms with Gasteiger partial charge in [0.1, 0.15) is 0 Å². The summed E-state index contributed by atoms with van der Waals surface area (Å²) in [4.78, 5) is 30.3. The highest BCUT2D eigenvalue weighted by molar-refractivity contribution is 7.90. The van der Waals surface area contributed by atoms with Gasteiger partial charge in [-0.3, -0.25) is 9.59 Å². The normalized spacial score (nSPS) is 26.9. The van der Waals surface area contributed by atoms with Gasteiger partial charge in [-0.05, 0) is 80.2 Å². The fourth-order valence-electron chi connectivity index (χ4n) is 6.00. The number of carbonyl (C=O) groups is 2. The Morgan fingerprint density at radius 1 is 1.09 bits per heavy atom. The number of amides is 2. The molecule has 174 valence electrons. The van der Waals surface area contributed by atoms with Crippen LogP contribution in [0.1, 0.15) is 60.5 Å². The zero-order valence-corrected chi connectivity index (χ0v) is 19.8. The highest BCUT2D eigenvalue weighted by atomic mass is 32.2. The van der Waals surface area contributed by atoms with Gasteiger partial charge in [0.05, 0.1) is 4.90 Å². The molecule has 1 aliphatic heterocycles. The second-order valence-electron chi connectivity index (χ2n) is 10.5. The lowest BCUT2D eigenvalue weighted by molar-refractivity contribution is -0.121. The molecule has 3 fully saturated rings. The number of benzene rings is 1. The fraction of sp³-hybridized carbons (Fsp3) is 0.667. The summed E-state index contributed by atoms with van der Waals surface area (Å²) < 4.78 is 28.9. The molecule has 0 aromatic heterocycles. The molecule has 2 unspecified atom stereocenters. The van der Waals surface area contributed by atoms with Crippen LogP contribution in [0.15, 0.2) is 17.0 Å². The minimum atomic E-state index is -4.02. The number of likely N-dealkylation sites (N-methyl/N-ethyl adjacent to an activating group) is 1. The lowest BCUT2D eigenvalue weighted by atomic mass is 9.80. The first kappa shape index (κ1) is 21.9. The SMILES string of the molecule is CC1CN(C)CCN(C(=O)c2cc3c(c(S(=O)(=O)NC(=O)C4CC45CCC5)c2)CCC3)C1. The molecule has 7 nitrogen and oxygen atoms in total. The van der Waals surface area contributed by atoms with E-state index in [-0.39, 0.29) is 28.0 Å². The van der Waals surface area contributed by atoms with Crippen LogP contribution in [0.3, 0.4) is 0 Å². The third-order valence-corrected chi connectivity index (χ3v) is 9.41. The van der Waals surface area contributed by atoms with Crippen molar-refractivity contribution in [2.45, 2.75) is 56.8 Å². The van der Waals surface area contributed by atoms with Gasteiger partial charge in [0.2, 0.25) is 5.91 Å². The van der Waals surface area contributed by atoms with Crippen molar-refractivity contribution in [1.82, 2.24) is 14.5 Å². The molecule has 3 aliphatic carbocycles. The van der Waals surface area contributed by atoms with Gasteiger partial charge in [-0.2, -0.15) is 0 Å². The van der Waals surface area contributed by atoms with E-state index in [0.29, 0.717) is 31.0 Å². The Morgan fingerprint density at radius 2 is 1.88 bits per heavy atom. The van der Waals surface area contributed by atoms with Crippen molar-refractivity contribution >= 4 is 21.8 Å². The molecule has 1 aromatic carbocycles. The van der Waals surface area contributed by atoms with E-state index in [9.17, 15) is 18.0 Å². The largest absolute Gasteiger partial charge is 0.337 e. The topological polar surface area (TPSA) is 86.8 Å². The fourth-order valence-corrected chi connectivity index (χ4v) is 7.35. The van der Waals surface area contributed by atoms with Gasteiger partial charge in [-0.25, -0.2) is 13.1 Å². The summed E-state index contributed by atoms with van der Waals surface area (Å²) in [5.74, 6) is -0.335. The second-order valence-corrected chi connectivity index (χ2v) is 12.2. The molecular formula is C24H33N3O4S. The molecule has 8 heteroatoms. The van der Waals surface area contributed by atoms with Crippen molar-refractivity contribution in [2.24, 2.45) is 17.3 Å². The molecule has 32 heavy (non-hydrogen) atoms. The van der Waals surface area contributed by atoms with Crippen molar-refractivity contribution < 1.29 is 18.0 Å². The lowest BCUT2D eigenvalue weighted by Gasteiger charge is -2.26. The number of hydrogen-bond acceptors (Lipinski definition) is 5. The number of fused-ring (bicyclic) bond motifs is 1. The predicted molar refractivity (Wildman–Crippen MR) is 121 cm³/mol. The van der Waals surface area contributed by atoms with E-state index in [0.717, 1.165) is 62.7 Å². The third-order valence-electron chi connectivity index (χ3n) is 8.00. The maximum absolute atomic E-state index is 13.4. The van der Waals surface area contributed by atoms with Crippen LogP contribution in [-0.2, 0) is 27.7 Å². The van der Waals surface area contributed by atoms with Gasteiger partial charge in [-0.1, -0.05) is 13.3 Å². The number of nitrogens with one attached hydrogen (secondary N) is 1.